The molecule has 1 aliphatic heterocycles. The first-order valence-corrected chi connectivity index (χ1v) is 7.71. The van der Waals surface area contributed by atoms with Crippen LogP contribution in [0.1, 0.15) is 13.3 Å². The molecular formula is C10H20N2O4S. The van der Waals surface area contributed by atoms with Crippen LogP contribution in [-0.4, -0.2) is 58.2 Å². The van der Waals surface area contributed by atoms with Crippen LogP contribution in [0, 0.1) is 0 Å². The molecule has 0 aromatic rings. The number of amides is 1. The van der Waals surface area contributed by atoms with Gasteiger partial charge in [-0.05, 0) is 6.92 Å². The minimum absolute atomic E-state index is 0.0224. The van der Waals surface area contributed by atoms with Gasteiger partial charge in [-0.15, -0.1) is 0 Å². The summed E-state index contributed by atoms with van der Waals surface area (Å²) in [5.41, 5.74) is 0. The minimum atomic E-state index is -3.06. The number of ether oxygens (including phenoxy) is 1. The Morgan fingerprint density at radius 1 is 1.59 bits per heavy atom. The molecule has 0 bridgehead atoms. The standard InChI is InChI=1S/C10H20N2O4S/c1-8(7-17(2,14)15)12-10(13)5-9-6-16-4-3-11-9/h8-9,11H,3-7H2,1-2H3,(H,12,13). The van der Waals surface area contributed by atoms with Gasteiger partial charge in [-0.2, -0.15) is 0 Å². The third kappa shape index (κ3) is 6.60. The van der Waals surface area contributed by atoms with E-state index in [9.17, 15) is 13.2 Å². The normalized spacial score (nSPS) is 23.1. The third-order valence-corrected chi connectivity index (χ3v) is 3.50. The fourth-order valence-electron chi connectivity index (χ4n) is 1.80. The summed E-state index contributed by atoms with van der Waals surface area (Å²) < 4.78 is 27.3. The second-order valence-electron chi connectivity index (χ2n) is 4.49. The van der Waals surface area contributed by atoms with Crippen molar-refractivity contribution in [2.24, 2.45) is 0 Å². The summed E-state index contributed by atoms with van der Waals surface area (Å²) in [5.74, 6) is -0.183. The second kappa shape index (κ2) is 6.32. The molecule has 0 spiro atoms. The summed E-state index contributed by atoms with van der Waals surface area (Å²) >= 11 is 0. The fourth-order valence-corrected chi connectivity index (χ4v) is 2.80. The van der Waals surface area contributed by atoms with E-state index >= 15 is 0 Å². The predicted molar refractivity (Wildman–Crippen MR) is 64.5 cm³/mol. The van der Waals surface area contributed by atoms with Crippen molar-refractivity contribution >= 4 is 15.7 Å². The van der Waals surface area contributed by atoms with Crippen LogP contribution in [0.4, 0.5) is 0 Å². The molecule has 6 nitrogen and oxygen atoms in total. The highest BCUT2D eigenvalue weighted by molar-refractivity contribution is 7.90. The van der Waals surface area contributed by atoms with E-state index in [2.05, 4.69) is 10.6 Å². The Balaban J connectivity index is 2.28. The van der Waals surface area contributed by atoms with Crippen LogP contribution >= 0.6 is 0 Å². The van der Waals surface area contributed by atoms with E-state index in [0.717, 1.165) is 12.8 Å². The van der Waals surface area contributed by atoms with E-state index < -0.39 is 9.84 Å². The molecule has 1 heterocycles. The highest BCUT2D eigenvalue weighted by atomic mass is 32.2. The molecule has 100 valence electrons. The highest BCUT2D eigenvalue weighted by Gasteiger charge is 2.19. The van der Waals surface area contributed by atoms with Gasteiger partial charge in [0.15, 0.2) is 0 Å². The number of hydrogen-bond donors (Lipinski definition) is 2. The molecule has 17 heavy (non-hydrogen) atoms. The highest BCUT2D eigenvalue weighted by Crippen LogP contribution is 1.99. The van der Waals surface area contributed by atoms with E-state index in [1.807, 2.05) is 0 Å². The average molecular weight is 264 g/mol. The van der Waals surface area contributed by atoms with Crippen LogP contribution in [0.5, 0.6) is 0 Å². The fraction of sp³-hybridized carbons (Fsp3) is 0.900. The van der Waals surface area contributed by atoms with Crippen LogP contribution in [0.25, 0.3) is 0 Å². The van der Waals surface area contributed by atoms with Crippen molar-refractivity contribution in [3.63, 3.8) is 0 Å². The molecule has 2 N–H and O–H groups in total. The van der Waals surface area contributed by atoms with Gasteiger partial charge in [0.1, 0.15) is 9.84 Å². The summed E-state index contributed by atoms with van der Waals surface area (Å²) in [6.07, 6.45) is 1.47. The summed E-state index contributed by atoms with van der Waals surface area (Å²) in [4.78, 5) is 11.6. The van der Waals surface area contributed by atoms with Crippen LogP contribution in [-0.2, 0) is 19.4 Å². The third-order valence-electron chi connectivity index (χ3n) is 2.39. The molecule has 0 aromatic carbocycles. The van der Waals surface area contributed by atoms with Crippen LogP contribution < -0.4 is 10.6 Å². The minimum Gasteiger partial charge on any atom is -0.378 e. The zero-order valence-electron chi connectivity index (χ0n) is 10.2. The monoisotopic (exact) mass is 264 g/mol. The molecule has 7 heteroatoms. The van der Waals surface area contributed by atoms with Crippen LogP contribution in [0.15, 0.2) is 0 Å². The number of carbonyl (C=O) groups is 1. The maximum absolute atomic E-state index is 11.6. The SMILES string of the molecule is CC(CS(C)(=O)=O)NC(=O)CC1COCCN1. The predicted octanol–water partition coefficient (Wildman–Crippen LogP) is -1.09. The summed E-state index contributed by atoms with van der Waals surface area (Å²) in [5, 5.41) is 5.84. The van der Waals surface area contributed by atoms with Gasteiger partial charge in [0.05, 0.1) is 19.0 Å². The van der Waals surface area contributed by atoms with Crippen molar-refractivity contribution in [1.29, 1.82) is 0 Å². The maximum atomic E-state index is 11.6. The number of morpholine rings is 1. The van der Waals surface area contributed by atoms with Gasteiger partial charge in [0, 0.05) is 31.3 Å². The average Bonchev–Trinajstić information content (AvgIpc) is 2.15. The van der Waals surface area contributed by atoms with Gasteiger partial charge < -0.3 is 15.4 Å². The smallest absolute Gasteiger partial charge is 0.221 e. The molecule has 1 amide bonds. The van der Waals surface area contributed by atoms with Crippen molar-refractivity contribution in [1.82, 2.24) is 10.6 Å². The summed E-state index contributed by atoms with van der Waals surface area (Å²) in [6.45, 7) is 3.62. The molecule has 0 saturated carbocycles. The van der Waals surface area contributed by atoms with Crippen LogP contribution in [0.2, 0.25) is 0 Å². The first kappa shape index (κ1) is 14.4. The second-order valence-corrected chi connectivity index (χ2v) is 6.68. The number of nitrogens with one attached hydrogen (secondary N) is 2. The lowest BCUT2D eigenvalue weighted by Crippen LogP contribution is -2.46. The lowest BCUT2D eigenvalue weighted by molar-refractivity contribution is -0.122. The molecule has 1 fully saturated rings. The van der Waals surface area contributed by atoms with Crippen molar-refractivity contribution in [2.75, 3.05) is 31.8 Å². The first-order valence-electron chi connectivity index (χ1n) is 5.65. The van der Waals surface area contributed by atoms with Crippen molar-refractivity contribution in [3.05, 3.63) is 0 Å². The lowest BCUT2D eigenvalue weighted by Gasteiger charge is -2.24. The van der Waals surface area contributed by atoms with E-state index in [0.29, 0.717) is 19.6 Å². The zero-order valence-corrected chi connectivity index (χ0v) is 11.0. The molecule has 0 aliphatic carbocycles. The van der Waals surface area contributed by atoms with Gasteiger partial charge in [0.2, 0.25) is 5.91 Å². The van der Waals surface area contributed by atoms with Gasteiger partial charge in [0.25, 0.3) is 0 Å². The largest absolute Gasteiger partial charge is 0.378 e. The lowest BCUT2D eigenvalue weighted by atomic mass is 10.2. The Morgan fingerprint density at radius 2 is 2.29 bits per heavy atom. The summed E-state index contributed by atoms with van der Waals surface area (Å²) in [7, 11) is -3.06. The molecule has 2 atom stereocenters. The van der Waals surface area contributed by atoms with Gasteiger partial charge in [-0.25, -0.2) is 8.42 Å². The topological polar surface area (TPSA) is 84.5 Å². The Labute approximate surface area is 102 Å². The van der Waals surface area contributed by atoms with Crippen molar-refractivity contribution in [3.8, 4) is 0 Å². The Hall–Kier alpha value is -0.660. The Morgan fingerprint density at radius 3 is 2.82 bits per heavy atom. The number of rotatable bonds is 5. The van der Waals surface area contributed by atoms with E-state index in [-0.39, 0.29) is 23.7 Å². The maximum Gasteiger partial charge on any atom is 0.221 e. The van der Waals surface area contributed by atoms with Gasteiger partial charge >= 0.3 is 0 Å². The van der Waals surface area contributed by atoms with Crippen molar-refractivity contribution < 1.29 is 17.9 Å². The Kier molecular flexibility index (Phi) is 5.35. The molecule has 2 unspecified atom stereocenters. The van der Waals surface area contributed by atoms with Gasteiger partial charge in [-0.1, -0.05) is 0 Å². The number of carbonyl (C=O) groups excluding carboxylic acids is 1. The Bertz CT molecular complexity index is 349. The quantitative estimate of drug-likeness (QED) is 0.659. The number of sulfone groups is 1. The van der Waals surface area contributed by atoms with Crippen LogP contribution in [0.3, 0.4) is 0 Å². The molecular weight excluding hydrogens is 244 g/mol. The number of hydrogen-bond acceptors (Lipinski definition) is 5. The summed E-state index contributed by atoms with van der Waals surface area (Å²) in [6, 6.07) is -0.337. The molecule has 0 aromatic heterocycles. The van der Waals surface area contributed by atoms with Gasteiger partial charge in [-0.3, -0.25) is 4.79 Å². The molecule has 0 radical (unpaired) electrons. The van der Waals surface area contributed by atoms with E-state index in [4.69, 9.17) is 4.74 Å². The van der Waals surface area contributed by atoms with E-state index in [1.165, 1.54) is 0 Å². The first-order chi connectivity index (χ1) is 7.87. The van der Waals surface area contributed by atoms with E-state index in [1.54, 1.807) is 6.92 Å². The zero-order chi connectivity index (χ0) is 12.9. The molecule has 1 aliphatic rings. The molecule has 1 rings (SSSR count). The van der Waals surface area contributed by atoms with Crippen molar-refractivity contribution in [2.45, 2.75) is 25.4 Å². The molecule has 1 saturated heterocycles.